The van der Waals surface area contributed by atoms with Crippen LogP contribution in [0.15, 0.2) is 59.6 Å². The topological polar surface area (TPSA) is 107 Å². The number of nitrogens with one attached hydrogen (secondary N) is 3. The smallest absolute Gasteiger partial charge is 0.134 e. The Bertz CT molecular complexity index is 1120. The minimum Gasteiger partial charge on any atom is -0.497 e. The number of methoxy groups -OCH3 is 1. The van der Waals surface area contributed by atoms with Crippen LogP contribution < -0.4 is 14.8 Å². The van der Waals surface area contributed by atoms with Crippen LogP contribution in [0.1, 0.15) is 20.8 Å². The summed E-state index contributed by atoms with van der Waals surface area (Å²) in [5.41, 5.74) is 2.14. The highest BCUT2D eigenvalue weighted by Crippen LogP contribution is 2.28. The lowest BCUT2D eigenvalue weighted by Crippen LogP contribution is -2.38. The first-order chi connectivity index (χ1) is 14.1. The van der Waals surface area contributed by atoms with Crippen molar-refractivity contribution in [3.05, 3.63) is 54.7 Å². The molecule has 0 spiro atoms. The van der Waals surface area contributed by atoms with Gasteiger partial charge in [-0.25, -0.2) is 13.7 Å². The fraction of sp³-hybridized carbons (Fsp3) is 0.318. The van der Waals surface area contributed by atoms with Gasteiger partial charge in [0.1, 0.15) is 15.7 Å². The molecule has 3 aromatic rings. The molecule has 2 atom stereocenters. The zero-order valence-electron chi connectivity index (χ0n) is 17.6. The van der Waals surface area contributed by atoms with Gasteiger partial charge >= 0.3 is 0 Å². The van der Waals surface area contributed by atoms with Gasteiger partial charge in [-0.2, -0.15) is 0 Å². The third kappa shape index (κ3) is 5.08. The zero-order chi connectivity index (χ0) is 21.9. The Balaban J connectivity index is 1.75. The molecule has 0 saturated carbocycles. The Hall–Kier alpha value is -2.68. The molecular weight excluding hydrogens is 400 g/mol. The Morgan fingerprint density at radius 1 is 1.17 bits per heavy atom. The highest BCUT2D eigenvalue weighted by atomic mass is 32.2. The number of aromatic nitrogens is 1. The first-order valence-corrected chi connectivity index (χ1v) is 11.2. The summed E-state index contributed by atoms with van der Waals surface area (Å²) in [4.78, 5) is 4.74. The molecule has 1 aromatic heterocycles. The summed E-state index contributed by atoms with van der Waals surface area (Å²) >= 11 is 0. The molecule has 4 N–H and O–H groups in total. The van der Waals surface area contributed by atoms with Crippen LogP contribution in [-0.4, -0.2) is 34.1 Å². The summed E-state index contributed by atoms with van der Waals surface area (Å²) in [6.07, 6.45) is 1.02. The van der Waals surface area contributed by atoms with Crippen molar-refractivity contribution in [2.75, 3.05) is 19.0 Å². The van der Waals surface area contributed by atoms with E-state index in [0.29, 0.717) is 4.90 Å². The maximum Gasteiger partial charge on any atom is 0.134 e. The van der Waals surface area contributed by atoms with Crippen LogP contribution in [0, 0.1) is 10.2 Å². The van der Waals surface area contributed by atoms with E-state index < -0.39 is 16.0 Å². The lowest BCUT2D eigenvalue weighted by molar-refractivity contribution is 0.0678. The first-order valence-electron chi connectivity index (χ1n) is 9.61. The van der Waals surface area contributed by atoms with Gasteiger partial charge < -0.3 is 15.2 Å². The van der Waals surface area contributed by atoms with E-state index in [1.165, 1.54) is 0 Å². The SMILES string of the molecule is COc1ccc2c(Nc3ccc(S(=N)(=O)NC[C@H](O)C(C)(C)C)cc3)ccnc2c1. The van der Waals surface area contributed by atoms with E-state index in [2.05, 4.69) is 15.0 Å². The van der Waals surface area contributed by atoms with E-state index in [9.17, 15) is 9.32 Å². The highest BCUT2D eigenvalue weighted by molar-refractivity contribution is 7.90. The fourth-order valence-corrected chi connectivity index (χ4v) is 3.91. The largest absolute Gasteiger partial charge is 0.497 e. The molecule has 7 nitrogen and oxygen atoms in total. The van der Waals surface area contributed by atoms with Crippen LogP contribution >= 0.6 is 0 Å². The van der Waals surface area contributed by atoms with Crippen molar-refractivity contribution in [1.82, 2.24) is 9.71 Å². The zero-order valence-corrected chi connectivity index (χ0v) is 18.4. The quantitative estimate of drug-likeness (QED) is 0.449. The second-order valence-corrected chi connectivity index (χ2v) is 10.0. The van der Waals surface area contributed by atoms with Gasteiger partial charge in [0.25, 0.3) is 0 Å². The first kappa shape index (κ1) is 22.0. The number of hydrogen-bond acceptors (Lipinski definition) is 6. The third-order valence-electron chi connectivity index (χ3n) is 4.89. The summed E-state index contributed by atoms with van der Waals surface area (Å²) in [5, 5.41) is 14.4. The number of nitrogens with zero attached hydrogens (tertiary/aromatic N) is 1. The van der Waals surface area contributed by atoms with E-state index in [1.807, 2.05) is 45.0 Å². The van der Waals surface area contributed by atoms with Crippen molar-refractivity contribution in [3.8, 4) is 5.75 Å². The number of aliphatic hydroxyl groups is 1. The Morgan fingerprint density at radius 2 is 1.87 bits per heavy atom. The van der Waals surface area contributed by atoms with Gasteiger partial charge in [0.05, 0.1) is 23.6 Å². The van der Waals surface area contributed by atoms with Crippen LogP contribution in [0.5, 0.6) is 5.75 Å². The van der Waals surface area contributed by atoms with E-state index in [-0.39, 0.29) is 12.0 Å². The van der Waals surface area contributed by atoms with Gasteiger partial charge in [-0.3, -0.25) is 4.98 Å². The number of anilines is 2. The molecule has 8 heteroatoms. The molecule has 0 amide bonds. The lowest BCUT2D eigenvalue weighted by atomic mass is 9.89. The van der Waals surface area contributed by atoms with Crippen molar-refractivity contribution in [2.45, 2.75) is 31.8 Å². The normalized spacial score (nSPS) is 14.8. The average molecular weight is 429 g/mol. The minimum absolute atomic E-state index is 0.0816. The monoisotopic (exact) mass is 428 g/mol. The molecule has 0 saturated heterocycles. The van der Waals surface area contributed by atoms with Crippen molar-refractivity contribution in [2.24, 2.45) is 5.41 Å². The number of hydrogen-bond donors (Lipinski definition) is 4. The summed E-state index contributed by atoms with van der Waals surface area (Å²) < 4.78 is 28.8. The molecule has 0 aliphatic rings. The number of ether oxygens (including phenoxy) is 1. The lowest BCUT2D eigenvalue weighted by Gasteiger charge is -2.26. The predicted octanol–water partition coefficient (Wildman–Crippen LogP) is 4.30. The molecule has 0 fully saturated rings. The van der Waals surface area contributed by atoms with E-state index in [1.54, 1.807) is 37.6 Å². The summed E-state index contributed by atoms with van der Waals surface area (Å²) in [5.74, 6) is 0.741. The van der Waals surface area contributed by atoms with Crippen molar-refractivity contribution >= 4 is 32.2 Å². The molecule has 0 radical (unpaired) electrons. The molecule has 30 heavy (non-hydrogen) atoms. The fourth-order valence-electron chi connectivity index (χ4n) is 2.84. The van der Waals surface area contributed by atoms with Crippen molar-refractivity contribution in [1.29, 1.82) is 4.78 Å². The summed E-state index contributed by atoms with van der Waals surface area (Å²) in [7, 11) is -1.59. The molecule has 0 aliphatic heterocycles. The number of fused-ring (bicyclic) bond motifs is 1. The predicted molar refractivity (Wildman–Crippen MR) is 121 cm³/mol. The highest BCUT2D eigenvalue weighted by Gasteiger charge is 2.23. The van der Waals surface area contributed by atoms with Gasteiger partial charge in [0.15, 0.2) is 0 Å². The molecule has 1 heterocycles. The maximum atomic E-state index is 12.7. The van der Waals surface area contributed by atoms with Crippen LogP contribution in [0.2, 0.25) is 0 Å². The van der Waals surface area contributed by atoms with Gasteiger partial charge in [0.2, 0.25) is 0 Å². The van der Waals surface area contributed by atoms with Crippen LogP contribution in [0.4, 0.5) is 11.4 Å². The van der Waals surface area contributed by atoms with Gasteiger partial charge in [-0.1, -0.05) is 20.8 Å². The number of pyridine rings is 1. The molecule has 2 aromatic carbocycles. The summed E-state index contributed by atoms with van der Waals surface area (Å²) in [6.45, 7) is 5.76. The van der Waals surface area contributed by atoms with E-state index in [0.717, 1.165) is 28.0 Å². The average Bonchev–Trinajstić information content (AvgIpc) is 2.71. The van der Waals surface area contributed by atoms with Crippen LogP contribution in [0.25, 0.3) is 10.9 Å². The minimum atomic E-state index is -3.21. The van der Waals surface area contributed by atoms with Crippen molar-refractivity contribution in [3.63, 3.8) is 0 Å². The Morgan fingerprint density at radius 3 is 2.50 bits per heavy atom. The Kier molecular flexibility index (Phi) is 6.30. The van der Waals surface area contributed by atoms with Crippen LogP contribution in [-0.2, 0) is 9.92 Å². The second-order valence-electron chi connectivity index (χ2n) is 8.18. The molecule has 160 valence electrons. The second kappa shape index (κ2) is 8.59. The Labute approximate surface area is 177 Å². The maximum absolute atomic E-state index is 12.7. The molecule has 3 rings (SSSR count). The van der Waals surface area contributed by atoms with E-state index in [4.69, 9.17) is 9.52 Å². The van der Waals surface area contributed by atoms with Gasteiger partial charge in [-0.05, 0) is 47.9 Å². The number of aliphatic hydroxyl groups excluding tert-OH is 1. The van der Waals surface area contributed by atoms with Crippen molar-refractivity contribution < 1.29 is 14.1 Å². The molecule has 0 aliphatic carbocycles. The molecule has 0 bridgehead atoms. The van der Waals surface area contributed by atoms with Gasteiger partial charge in [0, 0.05) is 35.6 Å². The third-order valence-corrected chi connectivity index (χ3v) is 6.40. The summed E-state index contributed by atoms with van der Waals surface area (Å²) in [6, 6.07) is 14.4. The van der Waals surface area contributed by atoms with E-state index >= 15 is 0 Å². The molecular formula is C22H28N4O3S. The number of benzene rings is 2. The van der Waals surface area contributed by atoms with Crippen LogP contribution in [0.3, 0.4) is 0 Å². The molecule has 1 unspecified atom stereocenters. The number of rotatable bonds is 7. The van der Waals surface area contributed by atoms with Gasteiger partial charge in [-0.15, -0.1) is 0 Å². The standard InChI is InChI=1S/C22H28N4O3S/c1-22(2,3)21(27)14-25-30(23,28)17-8-5-15(6-9-17)26-19-11-12-24-20-13-16(29-4)7-10-18(19)20/h5-13,21,27H,14H2,1-4H3,(H,24,26)(H2,23,25,28)/t21-,30?/m0/s1.